The van der Waals surface area contributed by atoms with Crippen LogP contribution in [0.5, 0.6) is 11.5 Å². The number of ether oxygens (including phenoxy) is 2. The van der Waals surface area contributed by atoms with Crippen molar-refractivity contribution >= 4 is 11.9 Å². The first-order valence-electron chi connectivity index (χ1n) is 7.57. The highest BCUT2D eigenvalue weighted by molar-refractivity contribution is 5.99. The molecule has 1 saturated heterocycles. The van der Waals surface area contributed by atoms with E-state index in [0.29, 0.717) is 23.6 Å². The molecule has 1 atom stereocenters. The predicted octanol–water partition coefficient (Wildman–Crippen LogP) is 2.42. The number of hydrogen-bond donors (Lipinski definition) is 1. The van der Waals surface area contributed by atoms with E-state index in [1.54, 1.807) is 18.2 Å². The molecule has 1 aliphatic rings. The van der Waals surface area contributed by atoms with Crippen LogP contribution >= 0.6 is 0 Å². The second-order valence-corrected chi connectivity index (χ2v) is 6.40. The summed E-state index contributed by atoms with van der Waals surface area (Å²) in [7, 11) is 3.00. The fourth-order valence-electron chi connectivity index (χ4n) is 3.21. The van der Waals surface area contributed by atoms with E-state index in [0.717, 1.165) is 12.8 Å². The van der Waals surface area contributed by atoms with E-state index in [-0.39, 0.29) is 5.91 Å². The summed E-state index contributed by atoms with van der Waals surface area (Å²) in [4.78, 5) is 26.1. The Morgan fingerprint density at radius 1 is 1.26 bits per heavy atom. The van der Waals surface area contributed by atoms with Crippen molar-refractivity contribution in [2.75, 3.05) is 20.8 Å². The minimum Gasteiger partial charge on any atom is -0.497 e. The molecule has 1 aromatic rings. The van der Waals surface area contributed by atoms with Gasteiger partial charge >= 0.3 is 5.97 Å². The summed E-state index contributed by atoms with van der Waals surface area (Å²) in [6.07, 6.45) is 1.55. The van der Waals surface area contributed by atoms with Gasteiger partial charge in [-0.3, -0.25) is 4.79 Å². The standard InChI is InChI=1S/C17H23NO5/c1-17(2)8-5-9-18(14(17)16(20)21)15(19)12-7-6-11(22-3)10-13(12)23-4/h6-7,10,14H,5,8-9H2,1-4H3,(H,20,21)/t14-/m0/s1. The summed E-state index contributed by atoms with van der Waals surface area (Å²) in [6.45, 7) is 4.20. The lowest BCUT2D eigenvalue weighted by atomic mass is 9.76. The van der Waals surface area contributed by atoms with E-state index in [9.17, 15) is 14.7 Å². The molecule has 1 heterocycles. The Labute approximate surface area is 136 Å². The zero-order valence-corrected chi connectivity index (χ0v) is 14.0. The maximum absolute atomic E-state index is 12.9. The lowest BCUT2D eigenvalue weighted by Gasteiger charge is -2.44. The highest BCUT2D eigenvalue weighted by atomic mass is 16.5. The van der Waals surface area contributed by atoms with E-state index >= 15 is 0 Å². The lowest BCUT2D eigenvalue weighted by molar-refractivity contribution is -0.148. The maximum Gasteiger partial charge on any atom is 0.326 e. The van der Waals surface area contributed by atoms with Crippen molar-refractivity contribution in [2.24, 2.45) is 5.41 Å². The Morgan fingerprint density at radius 2 is 1.96 bits per heavy atom. The van der Waals surface area contributed by atoms with E-state index in [2.05, 4.69) is 0 Å². The molecule has 0 unspecified atom stereocenters. The topological polar surface area (TPSA) is 76.1 Å². The van der Waals surface area contributed by atoms with Crippen LogP contribution in [-0.2, 0) is 4.79 Å². The fraction of sp³-hybridized carbons (Fsp3) is 0.529. The number of amides is 1. The van der Waals surface area contributed by atoms with Crippen LogP contribution in [0, 0.1) is 5.41 Å². The average molecular weight is 321 g/mol. The first-order valence-corrected chi connectivity index (χ1v) is 7.57. The number of benzene rings is 1. The van der Waals surface area contributed by atoms with Gasteiger partial charge in [-0.1, -0.05) is 13.8 Å². The van der Waals surface area contributed by atoms with Gasteiger partial charge in [-0.05, 0) is 30.4 Å². The molecule has 0 aromatic heterocycles. The molecular formula is C17H23NO5. The van der Waals surface area contributed by atoms with Crippen LogP contribution in [-0.4, -0.2) is 48.7 Å². The Balaban J connectivity index is 2.40. The SMILES string of the molecule is COc1ccc(C(=O)N2CCCC(C)(C)[C@@H]2C(=O)O)c(OC)c1. The molecule has 23 heavy (non-hydrogen) atoms. The number of carboxylic acid groups (broad SMARTS) is 1. The number of carbonyl (C=O) groups is 2. The predicted molar refractivity (Wildman–Crippen MR) is 85.0 cm³/mol. The minimum atomic E-state index is -0.976. The van der Waals surface area contributed by atoms with E-state index in [1.165, 1.54) is 19.1 Å². The fourth-order valence-corrected chi connectivity index (χ4v) is 3.21. The van der Waals surface area contributed by atoms with Crippen molar-refractivity contribution in [1.29, 1.82) is 0 Å². The number of rotatable bonds is 4. The summed E-state index contributed by atoms with van der Waals surface area (Å²) >= 11 is 0. The first-order chi connectivity index (χ1) is 10.8. The third-order valence-electron chi connectivity index (χ3n) is 4.41. The van der Waals surface area contributed by atoms with Gasteiger partial charge in [0.15, 0.2) is 0 Å². The van der Waals surface area contributed by atoms with Crippen molar-refractivity contribution in [3.05, 3.63) is 23.8 Å². The third-order valence-corrected chi connectivity index (χ3v) is 4.41. The minimum absolute atomic E-state index is 0.329. The molecule has 0 aliphatic carbocycles. The smallest absolute Gasteiger partial charge is 0.326 e. The average Bonchev–Trinajstić information content (AvgIpc) is 2.51. The molecule has 126 valence electrons. The van der Waals surface area contributed by atoms with Crippen molar-refractivity contribution < 1.29 is 24.2 Å². The molecule has 1 amide bonds. The molecule has 0 spiro atoms. The first kappa shape index (κ1) is 17.1. The van der Waals surface area contributed by atoms with Gasteiger partial charge in [-0.25, -0.2) is 4.79 Å². The van der Waals surface area contributed by atoms with E-state index in [4.69, 9.17) is 9.47 Å². The van der Waals surface area contributed by atoms with Gasteiger partial charge in [0, 0.05) is 12.6 Å². The Bertz CT molecular complexity index is 611. The van der Waals surface area contributed by atoms with Gasteiger partial charge in [0.2, 0.25) is 0 Å². The maximum atomic E-state index is 12.9. The zero-order valence-electron chi connectivity index (χ0n) is 14.0. The molecule has 1 aliphatic heterocycles. The number of piperidine rings is 1. The van der Waals surface area contributed by atoms with Gasteiger partial charge in [-0.2, -0.15) is 0 Å². The quantitative estimate of drug-likeness (QED) is 0.921. The van der Waals surface area contributed by atoms with Crippen LogP contribution in [0.25, 0.3) is 0 Å². The number of carboxylic acids is 1. The zero-order chi connectivity index (χ0) is 17.2. The van der Waals surface area contributed by atoms with E-state index in [1.807, 2.05) is 13.8 Å². The number of nitrogens with zero attached hydrogens (tertiary/aromatic N) is 1. The molecule has 0 bridgehead atoms. The summed E-state index contributed by atoms with van der Waals surface area (Å²) < 4.78 is 10.4. The number of aliphatic carboxylic acids is 1. The molecule has 6 heteroatoms. The molecule has 1 N–H and O–H groups in total. The second-order valence-electron chi connectivity index (χ2n) is 6.40. The van der Waals surface area contributed by atoms with Crippen molar-refractivity contribution in [1.82, 2.24) is 4.90 Å². The molecule has 2 rings (SSSR count). The van der Waals surface area contributed by atoms with Crippen LogP contribution in [0.3, 0.4) is 0 Å². The highest BCUT2D eigenvalue weighted by Gasteiger charge is 2.45. The third kappa shape index (κ3) is 3.25. The van der Waals surface area contributed by atoms with Crippen molar-refractivity contribution in [3.8, 4) is 11.5 Å². The Hall–Kier alpha value is -2.24. The molecule has 0 radical (unpaired) electrons. The van der Waals surface area contributed by atoms with Crippen LogP contribution in [0.4, 0.5) is 0 Å². The Kier molecular flexibility index (Phi) is 4.82. The molecular weight excluding hydrogens is 298 g/mol. The summed E-state index contributed by atoms with van der Waals surface area (Å²) in [6, 6.07) is 4.05. The summed E-state index contributed by atoms with van der Waals surface area (Å²) in [5.74, 6) is -0.353. The molecule has 6 nitrogen and oxygen atoms in total. The normalized spacial score (nSPS) is 20.0. The Morgan fingerprint density at radius 3 is 2.52 bits per heavy atom. The van der Waals surface area contributed by atoms with Gasteiger partial charge in [0.1, 0.15) is 17.5 Å². The number of carbonyl (C=O) groups excluding carboxylic acids is 1. The van der Waals surface area contributed by atoms with Crippen molar-refractivity contribution in [2.45, 2.75) is 32.7 Å². The largest absolute Gasteiger partial charge is 0.497 e. The van der Waals surface area contributed by atoms with Gasteiger partial charge < -0.3 is 19.5 Å². The number of hydrogen-bond acceptors (Lipinski definition) is 4. The van der Waals surface area contributed by atoms with Crippen LogP contribution < -0.4 is 9.47 Å². The molecule has 1 fully saturated rings. The van der Waals surface area contributed by atoms with Crippen molar-refractivity contribution in [3.63, 3.8) is 0 Å². The molecule has 0 saturated carbocycles. The summed E-state index contributed by atoms with van der Waals surface area (Å²) in [5.41, 5.74) is -0.128. The van der Waals surface area contributed by atoms with Gasteiger partial charge in [-0.15, -0.1) is 0 Å². The van der Waals surface area contributed by atoms with Crippen LogP contribution in [0.1, 0.15) is 37.0 Å². The number of methoxy groups -OCH3 is 2. The van der Waals surface area contributed by atoms with E-state index < -0.39 is 17.4 Å². The highest BCUT2D eigenvalue weighted by Crippen LogP contribution is 2.37. The van der Waals surface area contributed by atoms with Gasteiger partial charge in [0.05, 0.1) is 19.8 Å². The monoisotopic (exact) mass is 321 g/mol. The summed E-state index contributed by atoms with van der Waals surface area (Å²) in [5, 5.41) is 9.60. The van der Waals surface area contributed by atoms with Crippen LogP contribution in [0.2, 0.25) is 0 Å². The lowest BCUT2D eigenvalue weighted by Crippen LogP contribution is -2.56. The van der Waals surface area contributed by atoms with Gasteiger partial charge in [0.25, 0.3) is 5.91 Å². The molecule has 1 aromatic carbocycles. The second kappa shape index (κ2) is 6.48. The number of likely N-dealkylation sites (tertiary alicyclic amines) is 1. The van der Waals surface area contributed by atoms with Crippen LogP contribution in [0.15, 0.2) is 18.2 Å².